The lowest BCUT2D eigenvalue weighted by Crippen LogP contribution is -2.07. The van der Waals surface area contributed by atoms with Crippen LogP contribution in [0.5, 0.6) is 0 Å². The van der Waals surface area contributed by atoms with Crippen LogP contribution in [-0.2, 0) is 9.47 Å². The van der Waals surface area contributed by atoms with E-state index in [1.807, 2.05) is 0 Å². The fourth-order valence-corrected chi connectivity index (χ4v) is 1.46. The molecule has 0 fully saturated rings. The van der Waals surface area contributed by atoms with Gasteiger partial charge in [-0.1, -0.05) is 19.8 Å². The molecule has 0 aromatic heterocycles. The van der Waals surface area contributed by atoms with Crippen molar-refractivity contribution in [2.24, 2.45) is 0 Å². The number of hydrogen-bond acceptors (Lipinski definition) is 4. The molecular weight excluding hydrogens is 232 g/mol. The van der Waals surface area contributed by atoms with E-state index in [1.165, 1.54) is 7.11 Å². The Labute approximate surface area is 107 Å². The molecule has 0 unspecified atom stereocenters. The van der Waals surface area contributed by atoms with Crippen LogP contribution in [0.1, 0.15) is 46.9 Å². The van der Waals surface area contributed by atoms with Crippen LogP contribution >= 0.6 is 0 Å². The molecule has 0 amide bonds. The normalized spacial score (nSPS) is 9.89. The Morgan fingerprint density at radius 2 is 1.56 bits per heavy atom. The molecule has 0 N–H and O–H groups in total. The SMILES string of the molecule is CCCCCOC(=O)c1ccc(C(=O)OC)cc1. The molecule has 18 heavy (non-hydrogen) atoms. The van der Waals surface area contributed by atoms with Crippen LogP contribution in [0.25, 0.3) is 0 Å². The van der Waals surface area contributed by atoms with E-state index in [2.05, 4.69) is 11.7 Å². The summed E-state index contributed by atoms with van der Waals surface area (Å²) in [5, 5.41) is 0. The lowest BCUT2D eigenvalue weighted by atomic mass is 10.1. The van der Waals surface area contributed by atoms with Crippen LogP contribution in [0.3, 0.4) is 0 Å². The van der Waals surface area contributed by atoms with E-state index in [9.17, 15) is 9.59 Å². The van der Waals surface area contributed by atoms with Crippen molar-refractivity contribution in [2.45, 2.75) is 26.2 Å². The molecule has 0 atom stereocenters. The van der Waals surface area contributed by atoms with Gasteiger partial charge < -0.3 is 9.47 Å². The molecule has 0 saturated heterocycles. The van der Waals surface area contributed by atoms with E-state index >= 15 is 0 Å². The van der Waals surface area contributed by atoms with Crippen LogP contribution in [0.15, 0.2) is 24.3 Å². The number of esters is 2. The molecule has 4 heteroatoms. The Bertz CT molecular complexity index is 395. The maximum atomic E-state index is 11.6. The van der Waals surface area contributed by atoms with Crippen molar-refractivity contribution in [1.82, 2.24) is 0 Å². The molecule has 0 radical (unpaired) electrons. The number of ether oxygens (including phenoxy) is 2. The van der Waals surface area contributed by atoms with Gasteiger partial charge in [0.15, 0.2) is 0 Å². The maximum absolute atomic E-state index is 11.6. The number of hydrogen-bond donors (Lipinski definition) is 0. The first-order chi connectivity index (χ1) is 8.69. The second-order valence-corrected chi connectivity index (χ2v) is 3.91. The Hall–Kier alpha value is -1.84. The van der Waals surface area contributed by atoms with Gasteiger partial charge in [0.05, 0.1) is 24.8 Å². The van der Waals surface area contributed by atoms with Gasteiger partial charge in [-0.3, -0.25) is 0 Å². The molecule has 0 spiro atoms. The maximum Gasteiger partial charge on any atom is 0.338 e. The number of carbonyl (C=O) groups excluding carboxylic acids is 2. The Balaban J connectivity index is 2.51. The first-order valence-corrected chi connectivity index (χ1v) is 6.04. The van der Waals surface area contributed by atoms with E-state index in [0.29, 0.717) is 17.7 Å². The third kappa shape index (κ3) is 4.20. The summed E-state index contributed by atoms with van der Waals surface area (Å²) in [6.07, 6.45) is 3.02. The minimum absolute atomic E-state index is 0.359. The number of carbonyl (C=O) groups is 2. The fraction of sp³-hybridized carbons (Fsp3) is 0.429. The third-order valence-electron chi connectivity index (χ3n) is 2.52. The molecule has 98 valence electrons. The highest BCUT2D eigenvalue weighted by molar-refractivity contribution is 5.93. The summed E-state index contributed by atoms with van der Waals surface area (Å²) in [6.45, 7) is 2.53. The van der Waals surface area contributed by atoms with Gasteiger partial charge in [0.1, 0.15) is 0 Å². The van der Waals surface area contributed by atoms with Crippen molar-refractivity contribution in [2.75, 3.05) is 13.7 Å². The molecule has 0 aliphatic carbocycles. The fourth-order valence-electron chi connectivity index (χ4n) is 1.46. The zero-order valence-corrected chi connectivity index (χ0v) is 10.8. The quantitative estimate of drug-likeness (QED) is 0.575. The zero-order valence-electron chi connectivity index (χ0n) is 10.8. The van der Waals surface area contributed by atoms with Crippen LogP contribution < -0.4 is 0 Å². The molecule has 4 nitrogen and oxygen atoms in total. The topological polar surface area (TPSA) is 52.6 Å². The highest BCUT2D eigenvalue weighted by atomic mass is 16.5. The summed E-state index contributed by atoms with van der Waals surface area (Å²) in [7, 11) is 1.32. The van der Waals surface area contributed by atoms with Crippen molar-refractivity contribution in [1.29, 1.82) is 0 Å². The molecule has 0 bridgehead atoms. The lowest BCUT2D eigenvalue weighted by Gasteiger charge is -2.05. The smallest absolute Gasteiger partial charge is 0.338 e. The van der Waals surface area contributed by atoms with Crippen molar-refractivity contribution < 1.29 is 19.1 Å². The van der Waals surface area contributed by atoms with Gasteiger partial charge in [0.2, 0.25) is 0 Å². The van der Waals surface area contributed by atoms with Crippen LogP contribution in [-0.4, -0.2) is 25.7 Å². The van der Waals surface area contributed by atoms with Gasteiger partial charge in [-0.05, 0) is 30.7 Å². The van der Waals surface area contributed by atoms with Gasteiger partial charge in [0.25, 0.3) is 0 Å². The summed E-state index contributed by atoms with van der Waals surface area (Å²) in [5.74, 6) is -0.777. The molecule has 1 aromatic carbocycles. The number of unbranched alkanes of at least 4 members (excludes halogenated alkanes) is 2. The minimum atomic E-state index is -0.419. The highest BCUT2D eigenvalue weighted by Crippen LogP contribution is 2.07. The standard InChI is InChI=1S/C14H18O4/c1-3-4-5-10-18-14(16)12-8-6-11(7-9-12)13(15)17-2/h6-9H,3-5,10H2,1-2H3. The van der Waals surface area contributed by atoms with Crippen LogP contribution in [0.2, 0.25) is 0 Å². The van der Waals surface area contributed by atoms with Crippen molar-refractivity contribution >= 4 is 11.9 Å². The average Bonchev–Trinajstić information content (AvgIpc) is 2.42. The predicted octanol–water partition coefficient (Wildman–Crippen LogP) is 2.82. The second kappa shape index (κ2) is 7.48. The summed E-state index contributed by atoms with van der Waals surface area (Å²) in [5.41, 5.74) is 0.860. The largest absolute Gasteiger partial charge is 0.465 e. The van der Waals surface area contributed by atoms with E-state index in [0.717, 1.165) is 19.3 Å². The molecule has 0 aliphatic rings. The number of methoxy groups -OCH3 is 1. The molecule has 1 rings (SSSR count). The minimum Gasteiger partial charge on any atom is -0.465 e. The number of rotatable bonds is 6. The predicted molar refractivity (Wildman–Crippen MR) is 67.6 cm³/mol. The van der Waals surface area contributed by atoms with Gasteiger partial charge in [-0.2, -0.15) is 0 Å². The Morgan fingerprint density at radius 3 is 2.06 bits per heavy atom. The third-order valence-corrected chi connectivity index (χ3v) is 2.52. The van der Waals surface area contributed by atoms with E-state index in [4.69, 9.17) is 4.74 Å². The van der Waals surface area contributed by atoms with E-state index in [1.54, 1.807) is 24.3 Å². The summed E-state index contributed by atoms with van der Waals surface area (Å²) in [4.78, 5) is 22.8. The lowest BCUT2D eigenvalue weighted by molar-refractivity contribution is 0.0496. The van der Waals surface area contributed by atoms with Crippen LogP contribution in [0, 0.1) is 0 Å². The average molecular weight is 250 g/mol. The van der Waals surface area contributed by atoms with Crippen molar-refractivity contribution in [3.05, 3.63) is 35.4 Å². The summed E-state index contributed by atoms with van der Waals surface area (Å²) < 4.78 is 9.67. The first kappa shape index (κ1) is 14.2. The van der Waals surface area contributed by atoms with Gasteiger partial charge >= 0.3 is 11.9 Å². The van der Waals surface area contributed by atoms with E-state index < -0.39 is 5.97 Å². The van der Waals surface area contributed by atoms with Crippen molar-refractivity contribution in [3.63, 3.8) is 0 Å². The molecule has 0 saturated carbocycles. The monoisotopic (exact) mass is 250 g/mol. The molecule has 0 heterocycles. The van der Waals surface area contributed by atoms with Gasteiger partial charge in [0, 0.05) is 0 Å². The zero-order chi connectivity index (χ0) is 13.4. The Morgan fingerprint density at radius 1 is 1.00 bits per heavy atom. The van der Waals surface area contributed by atoms with E-state index in [-0.39, 0.29) is 5.97 Å². The molecule has 0 aliphatic heterocycles. The summed E-state index contributed by atoms with van der Waals surface area (Å²) >= 11 is 0. The second-order valence-electron chi connectivity index (χ2n) is 3.91. The summed E-state index contributed by atoms with van der Waals surface area (Å²) in [6, 6.07) is 6.23. The van der Waals surface area contributed by atoms with Crippen LogP contribution in [0.4, 0.5) is 0 Å². The molecule has 1 aromatic rings. The van der Waals surface area contributed by atoms with Crippen molar-refractivity contribution in [3.8, 4) is 0 Å². The van der Waals surface area contributed by atoms with Gasteiger partial charge in [-0.25, -0.2) is 9.59 Å². The molecular formula is C14H18O4. The Kier molecular flexibility index (Phi) is 5.91. The highest BCUT2D eigenvalue weighted by Gasteiger charge is 2.09. The first-order valence-electron chi connectivity index (χ1n) is 6.04. The van der Waals surface area contributed by atoms with Gasteiger partial charge in [-0.15, -0.1) is 0 Å². The number of benzene rings is 1.